The summed E-state index contributed by atoms with van der Waals surface area (Å²) in [5.41, 5.74) is 25.2. The fourth-order valence-electron chi connectivity index (χ4n) is 14.9. The molecule has 15 rings (SSSR count). The lowest BCUT2D eigenvalue weighted by atomic mass is 9.67. The highest BCUT2D eigenvalue weighted by molar-refractivity contribution is 5.91. The average Bonchev–Trinajstić information content (AvgIpc) is 4.16. The van der Waals surface area contributed by atoms with Gasteiger partial charge >= 0.3 is 0 Å². The molecule has 0 heterocycles. The van der Waals surface area contributed by atoms with Crippen LogP contribution in [-0.2, 0) is 10.8 Å². The number of anilines is 12. The SMILES string of the molecule is c1ccc(N(c2ccccc2)c2ccc3c(c2)C2(CCCCC2)c2cc(N(c4ccccc4)c4ccc(N(c5ccccc5)c5ccc6c(c5)C5(CCCCC5)c5cc(N(c7ccccc7)c7ccccc7)ccc5-6)cc4)ccc2-3)cc1. The first kappa shape index (κ1) is 49.6. The third kappa shape index (κ3) is 8.50. The van der Waals surface area contributed by atoms with Crippen LogP contribution in [0.3, 0.4) is 0 Å². The van der Waals surface area contributed by atoms with E-state index in [4.69, 9.17) is 0 Å². The molecule has 0 unspecified atom stereocenters. The molecule has 0 bridgehead atoms. The first-order chi connectivity index (χ1) is 40.6. The van der Waals surface area contributed by atoms with Crippen LogP contribution in [-0.4, -0.2) is 0 Å². The molecular formula is C78H66N4. The van der Waals surface area contributed by atoms with E-state index in [1.165, 1.54) is 106 Å². The lowest BCUT2D eigenvalue weighted by Crippen LogP contribution is -2.28. The molecule has 0 saturated heterocycles. The number of fused-ring (bicyclic) bond motifs is 10. The first-order valence-corrected chi connectivity index (χ1v) is 29.8. The normalized spacial score (nSPS) is 15.0. The third-order valence-corrected chi connectivity index (χ3v) is 18.6. The van der Waals surface area contributed by atoms with Gasteiger partial charge in [-0.05, 0) is 216 Å². The van der Waals surface area contributed by atoms with Gasteiger partial charge in [-0.1, -0.05) is 172 Å². The summed E-state index contributed by atoms with van der Waals surface area (Å²) in [6.45, 7) is 0. The third-order valence-electron chi connectivity index (χ3n) is 18.6. The van der Waals surface area contributed by atoms with Crippen molar-refractivity contribution in [2.75, 3.05) is 19.6 Å². The number of hydrogen-bond donors (Lipinski definition) is 0. The van der Waals surface area contributed by atoms with Gasteiger partial charge in [0.15, 0.2) is 0 Å². The van der Waals surface area contributed by atoms with Crippen LogP contribution in [0.5, 0.6) is 0 Å². The molecule has 82 heavy (non-hydrogen) atoms. The zero-order valence-corrected chi connectivity index (χ0v) is 46.4. The predicted octanol–water partition coefficient (Wildman–Crippen LogP) is 22.0. The Morgan fingerprint density at radius 3 is 0.573 bits per heavy atom. The van der Waals surface area contributed by atoms with Crippen LogP contribution >= 0.6 is 0 Å². The fraction of sp³-hybridized carbons (Fsp3) is 0.154. The minimum Gasteiger partial charge on any atom is -0.310 e. The molecule has 4 heteroatoms. The van der Waals surface area contributed by atoms with Crippen LogP contribution in [0.15, 0.2) is 279 Å². The minimum atomic E-state index is -0.0726. The molecular weight excluding hydrogens is 993 g/mol. The van der Waals surface area contributed by atoms with Gasteiger partial charge in [0.05, 0.1) is 0 Å². The maximum Gasteiger partial charge on any atom is 0.0465 e. The number of rotatable bonds is 12. The molecule has 0 amide bonds. The summed E-state index contributed by atoms with van der Waals surface area (Å²) in [4.78, 5) is 9.78. The molecule has 0 N–H and O–H groups in total. The molecule has 11 aromatic rings. The van der Waals surface area contributed by atoms with Crippen molar-refractivity contribution in [1.29, 1.82) is 0 Å². The molecule has 0 radical (unpaired) electrons. The summed E-state index contributed by atoms with van der Waals surface area (Å²) in [5, 5.41) is 0. The van der Waals surface area contributed by atoms with Crippen LogP contribution < -0.4 is 19.6 Å². The zero-order valence-electron chi connectivity index (χ0n) is 46.4. The van der Waals surface area contributed by atoms with Crippen molar-refractivity contribution in [2.45, 2.75) is 75.0 Å². The van der Waals surface area contributed by atoms with Gasteiger partial charge in [0.1, 0.15) is 0 Å². The second kappa shape index (κ2) is 20.9. The molecule has 0 atom stereocenters. The number of nitrogens with zero attached hydrogens (tertiary/aromatic N) is 4. The standard InChI is InChI=1S/C78H66N4/c1-9-25-57(26-10-1)79(58-27-11-2-12-28-58)65-41-45-69-71-47-43-67(55-75(71)77(73(69)53-65)49-21-7-22-50-77)81(61-33-17-5-18-34-61)63-37-39-64(40-38-63)82(62-35-19-6-20-36-62)68-44-48-72-70-46-42-66(54-74(70)78(76(72)56-68)51-23-8-24-52-78)80(59-29-13-3-14-30-59)60-31-15-4-16-32-60/h1-6,9-20,25-48,53-56H,7-8,21-24,49-52H2. The Balaban J connectivity index is 0.804. The molecule has 11 aromatic carbocycles. The van der Waals surface area contributed by atoms with Crippen LogP contribution in [0.4, 0.5) is 68.2 Å². The largest absolute Gasteiger partial charge is 0.310 e. The lowest BCUT2D eigenvalue weighted by Gasteiger charge is -2.37. The van der Waals surface area contributed by atoms with Gasteiger partial charge in [-0.25, -0.2) is 0 Å². The van der Waals surface area contributed by atoms with Crippen LogP contribution in [0.1, 0.15) is 86.5 Å². The lowest BCUT2D eigenvalue weighted by molar-refractivity contribution is 0.353. The maximum absolute atomic E-state index is 2.55. The number of benzene rings is 11. The van der Waals surface area contributed by atoms with E-state index in [-0.39, 0.29) is 10.8 Å². The molecule has 4 aliphatic carbocycles. The highest BCUT2D eigenvalue weighted by atomic mass is 15.2. The van der Waals surface area contributed by atoms with Gasteiger partial charge in [0.2, 0.25) is 0 Å². The molecule has 0 aromatic heterocycles. The summed E-state index contributed by atoms with van der Waals surface area (Å²) in [7, 11) is 0. The number of para-hydroxylation sites is 6. The second-order valence-electron chi connectivity index (χ2n) is 23.1. The zero-order chi connectivity index (χ0) is 54.5. The molecule has 4 nitrogen and oxygen atoms in total. The van der Waals surface area contributed by atoms with Gasteiger partial charge in [-0.15, -0.1) is 0 Å². The second-order valence-corrected chi connectivity index (χ2v) is 23.1. The van der Waals surface area contributed by atoms with Gasteiger partial charge in [0, 0.05) is 79.1 Å². The molecule has 2 fully saturated rings. The van der Waals surface area contributed by atoms with Gasteiger partial charge in [-0.2, -0.15) is 0 Å². The van der Waals surface area contributed by atoms with Gasteiger partial charge in [-0.3, -0.25) is 0 Å². The topological polar surface area (TPSA) is 13.0 Å². The summed E-state index contributed by atoms with van der Waals surface area (Å²) in [5.74, 6) is 0. The van der Waals surface area contributed by atoms with Crippen molar-refractivity contribution >= 4 is 68.2 Å². The molecule has 0 aliphatic heterocycles. The summed E-state index contributed by atoms with van der Waals surface area (Å²) >= 11 is 0. The fourth-order valence-corrected chi connectivity index (χ4v) is 14.9. The maximum atomic E-state index is 2.55. The van der Waals surface area contributed by atoms with Crippen LogP contribution in [0.25, 0.3) is 22.3 Å². The Bertz CT molecular complexity index is 3690. The summed E-state index contributed by atoms with van der Waals surface area (Å²) in [6.07, 6.45) is 12.0. The highest BCUT2D eigenvalue weighted by Crippen LogP contribution is 2.60. The average molecular weight is 1060 g/mol. The van der Waals surface area contributed by atoms with Crippen LogP contribution in [0, 0.1) is 0 Å². The Labute approximate surface area is 483 Å². The van der Waals surface area contributed by atoms with Crippen LogP contribution in [0.2, 0.25) is 0 Å². The quantitative estimate of drug-likeness (QED) is 0.121. The predicted molar refractivity (Wildman–Crippen MR) is 344 cm³/mol. The van der Waals surface area contributed by atoms with Gasteiger partial charge < -0.3 is 19.6 Å². The van der Waals surface area contributed by atoms with E-state index < -0.39 is 0 Å². The van der Waals surface area contributed by atoms with Crippen molar-refractivity contribution in [1.82, 2.24) is 0 Å². The van der Waals surface area contributed by atoms with E-state index in [1.807, 2.05) is 0 Å². The number of hydrogen-bond acceptors (Lipinski definition) is 4. The van der Waals surface area contributed by atoms with Gasteiger partial charge in [0.25, 0.3) is 0 Å². The van der Waals surface area contributed by atoms with Crippen molar-refractivity contribution in [3.8, 4) is 22.3 Å². The monoisotopic (exact) mass is 1060 g/mol. The Morgan fingerprint density at radius 2 is 0.366 bits per heavy atom. The first-order valence-electron chi connectivity index (χ1n) is 29.8. The smallest absolute Gasteiger partial charge is 0.0465 e. The Hall–Kier alpha value is -9.38. The molecule has 4 aliphatic rings. The van der Waals surface area contributed by atoms with E-state index in [9.17, 15) is 0 Å². The van der Waals surface area contributed by atoms with E-state index >= 15 is 0 Å². The van der Waals surface area contributed by atoms with Crippen molar-refractivity contribution in [2.24, 2.45) is 0 Å². The highest BCUT2D eigenvalue weighted by Gasteiger charge is 2.46. The van der Waals surface area contributed by atoms with E-state index in [0.29, 0.717) is 0 Å². The van der Waals surface area contributed by atoms with E-state index in [2.05, 4.69) is 299 Å². The summed E-state index contributed by atoms with van der Waals surface area (Å²) in [6, 6.07) is 104. The van der Waals surface area contributed by atoms with E-state index in [0.717, 1.165) is 71.2 Å². The summed E-state index contributed by atoms with van der Waals surface area (Å²) < 4.78 is 0. The molecule has 2 spiro atoms. The van der Waals surface area contributed by atoms with E-state index in [1.54, 1.807) is 0 Å². The Kier molecular flexibility index (Phi) is 12.7. The van der Waals surface area contributed by atoms with Crippen molar-refractivity contribution in [3.05, 3.63) is 301 Å². The van der Waals surface area contributed by atoms with Crippen molar-refractivity contribution in [3.63, 3.8) is 0 Å². The molecule has 2 saturated carbocycles. The Morgan fingerprint density at radius 1 is 0.183 bits per heavy atom. The molecule has 398 valence electrons. The van der Waals surface area contributed by atoms with Crippen molar-refractivity contribution < 1.29 is 0 Å². The minimum absolute atomic E-state index is 0.0726.